The Labute approximate surface area is 177 Å². The van der Waals surface area contributed by atoms with E-state index in [0.717, 1.165) is 32.5 Å². The van der Waals surface area contributed by atoms with Gasteiger partial charge in [-0.25, -0.2) is 8.42 Å². The minimum absolute atomic E-state index is 0.119. The molecule has 0 atom stereocenters. The smallest absolute Gasteiger partial charge is 0.264 e. The lowest BCUT2D eigenvalue weighted by Gasteiger charge is -2.30. The topological polar surface area (TPSA) is 61.8 Å². The molecule has 2 aliphatic rings. The first-order valence-corrected chi connectivity index (χ1v) is 11.6. The third-order valence-electron chi connectivity index (χ3n) is 5.40. The van der Waals surface area contributed by atoms with Crippen LogP contribution in [-0.2, 0) is 16.6 Å². The first-order valence-electron chi connectivity index (χ1n) is 9.76. The number of hydrogen-bond donors (Lipinski definition) is 1. The van der Waals surface area contributed by atoms with E-state index in [1.807, 2.05) is 6.07 Å². The van der Waals surface area contributed by atoms with Crippen molar-refractivity contribution >= 4 is 32.4 Å². The summed E-state index contributed by atoms with van der Waals surface area (Å²) < 4.78 is 28.0. The minimum atomic E-state index is -3.63. The molecule has 29 heavy (non-hydrogen) atoms. The molecular weight excluding hydrogens is 406 g/mol. The summed E-state index contributed by atoms with van der Waals surface area (Å²) in [6.07, 6.45) is 1.83. The van der Waals surface area contributed by atoms with Gasteiger partial charge < -0.3 is 0 Å². The highest BCUT2D eigenvalue weighted by molar-refractivity contribution is 8.00. The van der Waals surface area contributed by atoms with Crippen LogP contribution in [0.5, 0.6) is 0 Å². The number of aliphatic imine (C=N–C) groups is 1. The van der Waals surface area contributed by atoms with Crippen LogP contribution < -0.4 is 4.72 Å². The van der Waals surface area contributed by atoms with Crippen molar-refractivity contribution in [3.63, 3.8) is 0 Å². The maximum atomic E-state index is 12.7. The van der Waals surface area contributed by atoms with E-state index in [1.54, 1.807) is 31.2 Å². The van der Waals surface area contributed by atoms with E-state index in [4.69, 9.17) is 16.6 Å². The predicted molar refractivity (Wildman–Crippen MR) is 118 cm³/mol. The van der Waals surface area contributed by atoms with Crippen molar-refractivity contribution in [1.82, 2.24) is 9.62 Å². The quantitative estimate of drug-likeness (QED) is 0.796. The fourth-order valence-corrected chi connectivity index (χ4v) is 5.61. The van der Waals surface area contributed by atoms with Crippen LogP contribution in [0.15, 0.2) is 65.2 Å². The molecule has 2 aromatic rings. The first-order chi connectivity index (χ1) is 13.9. The zero-order chi connectivity index (χ0) is 20.4. The molecule has 0 aliphatic carbocycles. The Morgan fingerprint density at radius 2 is 1.83 bits per heavy atom. The molecule has 5 nitrogen and oxygen atoms in total. The van der Waals surface area contributed by atoms with Crippen molar-refractivity contribution in [3.05, 3.63) is 76.3 Å². The summed E-state index contributed by atoms with van der Waals surface area (Å²) in [6.45, 7) is 4.64. The molecule has 1 fully saturated rings. The molecule has 0 radical (unpaired) electrons. The Morgan fingerprint density at radius 3 is 2.52 bits per heavy atom. The third kappa shape index (κ3) is 4.55. The predicted octanol–water partition coefficient (Wildman–Crippen LogP) is 4.07. The van der Waals surface area contributed by atoms with Crippen molar-refractivity contribution in [2.75, 3.05) is 13.1 Å². The van der Waals surface area contributed by atoms with Gasteiger partial charge in [0.05, 0.1) is 6.04 Å². The highest BCUT2D eigenvalue weighted by Crippen LogP contribution is 2.31. The van der Waals surface area contributed by atoms with E-state index in [-0.39, 0.29) is 10.9 Å². The van der Waals surface area contributed by atoms with Gasteiger partial charge in [0.2, 0.25) is 0 Å². The average molecular weight is 430 g/mol. The Bertz CT molecular complexity index is 1060. The molecule has 0 aromatic heterocycles. The van der Waals surface area contributed by atoms with Crippen molar-refractivity contribution in [2.24, 2.45) is 4.99 Å². The van der Waals surface area contributed by atoms with Crippen LogP contribution in [-0.4, -0.2) is 38.3 Å². The maximum Gasteiger partial charge on any atom is 0.264 e. The van der Waals surface area contributed by atoms with Gasteiger partial charge in [-0.05, 0) is 43.0 Å². The van der Waals surface area contributed by atoms with Crippen LogP contribution in [0.3, 0.4) is 0 Å². The first kappa shape index (κ1) is 20.1. The second-order valence-corrected chi connectivity index (χ2v) is 9.60. The highest BCUT2D eigenvalue weighted by atomic mass is 35.5. The van der Waals surface area contributed by atoms with Gasteiger partial charge in [0.15, 0.2) is 0 Å². The summed E-state index contributed by atoms with van der Waals surface area (Å²) in [5.74, 6) is 0.460. The van der Waals surface area contributed by atoms with Crippen LogP contribution in [0.2, 0.25) is 5.02 Å². The summed E-state index contributed by atoms with van der Waals surface area (Å²) in [5.41, 5.74) is 2.55. The fraction of sp³-hybridized carbons (Fsp3) is 0.318. The molecule has 152 valence electrons. The van der Waals surface area contributed by atoms with Gasteiger partial charge in [-0.3, -0.25) is 14.6 Å². The summed E-state index contributed by atoms with van der Waals surface area (Å²) >= 11 is 6.06. The molecule has 0 amide bonds. The number of nitrogens with zero attached hydrogens (tertiary/aromatic N) is 2. The largest absolute Gasteiger partial charge is 0.299 e. The van der Waals surface area contributed by atoms with Gasteiger partial charge >= 0.3 is 0 Å². The zero-order valence-corrected chi connectivity index (χ0v) is 17.9. The van der Waals surface area contributed by atoms with E-state index in [9.17, 15) is 8.42 Å². The molecule has 2 heterocycles. The number of nitrogens with one attached hydrogen (secondary N) is 1. The van der Waals surface area contributed by atoms with Gasteiger partial charge in [-0.1, -0.05) is 54.1 Å². The standard InChI is InChI=1S/C22H24ClN3O2S/c1-16-21(18-8-5-9-19(23)14-18)29(27,28)25-22(16)24-20-10-12-26(13-11-20)15-17-6-3-2-4-7-17/h2-9,14,20H,10-13,15H2,1H3,(H,24,25). The summed E-state index contributed by atoms with van der Waals surface area (Å²) in [5, 5.41) is 0.508. The van der Waals surface area contributed by atoms with Crippen molar-refractivity contribution < 1.29 is 8.42 Å². The molecule has 0 bridgehead atoms. The average Bonchev–Trinajstić information content (AvgIpc) is 2.92. The second kappa shape index (κ2) is 8.30. The van der Waals surface area contributed by atoms with Crippen LogP contribution in [0.25, 0.3) is 4.91 Å². The Kier molecular flexibility index (Phi) is 5.76. The minimum Gasteiger partial charge on any atom is -0.299 e. The fourth-order valence-electron chi connectivity index (χ4n) is 3.92. The van der Waals surface area contributed by atoms with Crippen molar-refractivity contribution in [3.8, 4) is 0 Å². The molecular formula is C22H24ClN3O2S. The SMILES string of the molecule is CC1=C(c2cccc(Cl)c2)S(=O)(=O)NC1=NC1CCN(Cc2ccccc2)CC1. The van der Waals surface area contributed by atoms with Crippen molar-refractivity contribution in [2.45, 2.75) is 32.4 Å². The van der Waals surface area contributed by atoms with E-state index in [1.165, 1.54) is 5.56 Å². The van der Waals surface area contributed by atoms with E-state index < -0.39 is 10.0 Å². The molecule has 7 heteroatoms. The lowest BCUT2D eigenvalue weighted by molar-refractivity contribution is 0.206. The highest BCUT2D eigenvalue weighted by Gasteiger charge is 2.33. The van der Waals surface area contributed by atoms with E-state index in [0.29, 0.717) is 22.0 Å². The monoisotopic (exact) mass is 429 g/mol. The number of benzene rings is 2. The maximum absolute atomic E-state index is 12.7. The lowest BCUT2D eigenvalue weighted by atomic mass is 10.0. The van der Waals surface area contributed by atoms with E-state index in [2.05, 4.69) is 33.9 Å². The number of hydrogen-bond acceptors (Lipinski definition) is 4. The third-order valence-corrected chi connectivity index (χ3v) is 7.18. The lowest BCUT2D eigenvalue weighted by Crippen LogP contribution is -2.36. The van der Waals surface area contributed by atoms with E-state index >= 15 is 0 Å². The van der Waals surface area contributed by atoms with Crippen molar-refractivity contribution in [1.29, 1.82) is 0 Å². The van der Waals surface area contributed by atoms with Gasteiger partial charge in [0, 0.05) is 30.2 Å². The number of piperidine rings is 1. The normalized spacial score (nSPS) is 21.5. The molecule has 2 aliphatic heterocycles. The molecule has 0 spiro atoms. The molecule has 0 unspecified atom stereocenters. The van der Waals surface area contributed by atoms with Gasteiger partial charge in [0.25, 0.3) is 10.0 Å². The Hall–Kier alpha value is -2.15. The van der Waals surface area contributed by atoms with Crippen LogP contribution >= 0.6 is 11.6 Å². The zero-order valence-electron chi connectivity index (χ0n) is 16.3. The summed E-state index contributed by atoms with van der Waals surface area (Å²) in [7, 11) is -3.63. The molecule has 1 saturated heterocycles. The number of halogens is 1. The number of rotatable bonds is 4. The van der Waals surface area contributed by atoms with Gasteiger partial charge in [0.1, 0.15) is 10.7 Å². The van der Waals surface area contributed by atoms with Crippen LogP contribution in [0.1, 0.15) is 30.9 Å². The number of likely N-dealkylation sites (tertiary alicyclic amines) is 1. The second-order valence-electron chi connectivity index (χ2n) is 7.54. The Morgan fingerprint density at radius 1 is 1.10 bits per heavy atom. The summed E-state index contributed by atoms with van der Waals surface area (Å²) in [4.78, 5) is 7.45. The molecule has 0 saturated carbocycles. The van der Waals surface area contributed by atoms with Gasteiger partial charge in [-0.2, -0.15) is 0 Å². The molecule has 1 N–H and O–H groups in total. The Balaban J connectivity index is 1.48. The van der Waals surface area contributed by atoms with Gasteiger partial charge in [-0.15, -0.1) is 0 Å². The van der Waals surface area contributed by atoms with Crippen LogP contribution in [0.4, 0.5) is 0 Å². The molecule has 2 aromatic carbocycles. The summed E-state index contributed by atoms with van der Waals surface area (Å²) in [6, 6.07) is 17.5. The number of amidine groups is 1. The number of sulfonamides is 1. The van der Waals surface area contributed by atoms with Crippen LogP contribution in [0, 0.1) is 0 Å². The molecule has 4 rings (SSSR count).